The normalized spacial score (nSPS) is 11.0. The predicted octanol–water partition coefficient (Wildman–Crippen LogP) is 5.49. The molecule has 0 spiro atoms. The van der Waals surface area contributed by atoms with Crippen molar-refractivity contribution in [3.63, 3.8) is 0 Å². The van der Waals surface area contributed by atoms with E-state index in [9.17, 15) is 4.79 Å². The fourth-order valence-corrected chi connectivity index (χ4v) is 4.29. The van der Waals surface area contributed by atoms with E-state index in [-0.39, 0.29) is 11.7 Å². The Morgan fingerprint density at radius 1 is 1.00 bits per heavy atom. The van der Waals surface area contributed by atoms with Gasteiger partial charge in [-0.05, 0) is 63.1 Å². The lowest BCUT2D eigenvalue weighted by Crippen LogP contribution is -2.16. The van der Waals surface area contributed by atoms with Gasteiger partial charge in [-0.15, -0.1) is 10.2 Å². The summed E-state index contributed by atoms with van der Waals surface area (Å²) >= 11 is 1.34. The molecule has 0 aliphatic carbocycles. The van der Waals surface area contributed by atoms with Crippen LogP contribution in [-0.2, 0) is 4.79 Å². The van der Waals surface area contributed by atoms with Gasteiger partial charge >= 0.3 is 0 Å². The SMILES string of the molecule is Cc1ccc(-n2c(SCC(=O)Nc3c(C)cc(C)cc3C)nnc2-c2ccco2)cc1. The Kier molecular flexibility index (Phi) is 5.95. The standard InChI is InChI=1S/C24H24N4O2S/c1-15-7-9-19(10-8-15)28-23(20-6-5-11-30-20)26-27-24(28)31-14-21(29)25-22-17(3)12-16(2)13-18(22)4/h5-13H,14H2,1-4H3,(H,25,29). The maximum Gasteiger partial charge on any atom is 0.234 e. The molecular formula is C24H24N4O2S. The van der Waals surface area contributed by atoms with Gasteiger partial charge in [0.1, 0.15) is 0 Å². The third kappa shape index (κ3) is 4.56. The molecule has 2 heterocycles. The third-order valence-electron chi connectivity index (χ3n) is 4.94. The number of anilines is 1. The zero-order valence-corrected chi connectivity index (χ0v) is 18.8. The molecule has 0 fully saturated rings. The van der Waals surface area contributed by atoms with E-state index in [2.05, 4.69) is 34.6 Å². The number of aromatic nitrogens is 3. The van der Waals surface area contributed by atoms with E-state index in [1.165, 1.54) is 17.3 Å². The van der Waals surface area contributed by atoms with Crippen LogP contribution in [0.15, 0.2) is 64.4 Å². The lowest BCUT2D eigenvalue weighted by Gasteiger charge is -2.13. The van der Waals surface area contributed by atoms with Crippen LogP contribution in [0.1, 0.15) is 22.3 Å². The van der Waals surface area contributed by atoms with Gasteiger partial charge in [-0.3, -0.25) is 9.36 Å². The van der Waals surface area contributed by atoms with Gasteiger partial charge in [0.05, 0.1) is 12.0 Å². The number of nitrogens with one attached hydrogen (secondary N) is 1. The molecule has 0 atom stereocenters. The van der Waals surface area contributed by atoms with Crippen molar-refractivity contribution in [2.75, 3.05) is 11.1 Å². The second-order valence-electron chi connectivity index (χ2n) is 7.57. The highest BCUT2D eigenvalue weighted by Crippen LogP contribution is 2.29. The number of nitrogens with zero attached hydrogens (tertiary/aromatic N) is 3. The number of amides is 1. The molecule has 1 amide bonds. The molecule has 0 radical (unpaired) electrons. The summed E-state index contributed by atoms with van der Waals surface area (Å²) in [6.07, 6.45) is 1.61. The van der Waals surface area contributed by atoms with Gasteiger partial charge in [-0.1, -0.05) is 47.2 Å². The van der Waals surface area contributed by atoms with E-state index in [1.807, 2.05) is 61.7 Å². The predicted molar refractivity (Wildman–Crippen MR) is 124 cm³/mol. The largest absolute Gasteiger partial charge is 0.461 e. The summed E-state index contributed by atoms with van der Waals surface area (Å²) in [5, 5.41) is 12.3. The van der Waals surface area contributed by atoms with Gasteiger partial charge in [-0.2, -0.15) is 0 Å². The molecule has 1 N–H and O–H groups in total. The highest BCUT2D eigenvalue weighted by molar-refractivity contribution is 7.99. The maximum absolute atomic E-state index is 12.7. The summed E-state index contributed by atoms with van der Waals surface area (Å²) in [5.41, 5.74) is 6.23. The second-order valence-corrected chi connectivity index (χ2v) is 8.51. The van der Waals surface area contributed by atoms with E-state index in [0.29, 0.717) is 16.7 Å². The molecule has 0 bridgehead atoms. The van der Waals surface area contributed by atoms with Crippen molar-refractivity contribution in [3.8, 4) is 17.3 Å². The van der Waals surface area contributed by atoms with Crippen LogP contribution < -0.4 is 5.32 Å². The van der Waals surface area contributed by atoms with Crippen molar-refractivity contribution in [1.29, 1.82) is 0 Å². The molecule has 6 nitrogen and oxygen atoms in total. The van der Waals surface area contributed by atoms with Gasteiger partial charge in [0.2, 0.25) is 11.7 Å². The summed E-state index contributed by atoms with van der Waals surface area (Å²) < 4.78 is 7.46. The highest BCUT2D eigenvalue weighted by atomic mass is 32.2. The van der Waals surface area contributed by atoms with Crippen LogP contribution in [0.5, 0.6) is 0 Å². The molecule has 0 saturated carbocycles. The fraction of sp³-hybridized carbons (Fsp3) is 0.208. The average molecular weight is 433 g/mol. The second kappa shape index (κ2) is 8.81. The Balaban J connectivity index is 1.58. The monoisotopic (exact) mass is 432 g/mol. The summed E-state index contributed by atoms with van der Waals surface area (Å²) in [5.74, 6) is 1.35. The first-order valence-corrected chi connectivity index (χ1v) is 11.0. The van der Waals surface area contributed by atoms with Gasteiger partial charge in [0.25, 0.3) is 0 Å². The zero-order chi connectivity index (χ0) is 22.0. The van der Waals surface area contributed by atoms with Crippen LogP contribution in [0.25, 0.3) is 17.3 Å². The molecule has 0 saturated heterocycles. The van der Waals surface area contributed by atoms with E-state index in [1.54, 1.807) is 6.26 Å². The van der Waals surface area contributed by atoms with Crippen LogP contribution in [0.3, 0.4) is 0 Å². The number of carbonyl (C=O) groups excluding carboxylic acids is 1. The van der Waals surface area contributed by atoms with Crippen molar-refractivity contribution < 1.29 is 9.21 Å². The smallest absolute Gasteiger partial charge is 0.234 e. The molecule has 2 aromatic heterocycles. The van der Waals surface area contributed by atoms with Crippen LogP contribution in [0, 0.1) is 27.7 Å². The van der Waals surface area contributed by atoms with E-state index in [4.69, 9.17) is 4.42 Å². The number of benzene rings is 2. The van der Waals surface area contributed by atoms with Gasteiger partial charge in [0.15, 0.2) is 10.9 Å². The molecule has 0 unspecified atom stereocenters. The zero-order valence-electron chi connectivity index (χ0n) is 18.0. The summed E-state index contributed by atoms with van der Waals surface area (Å²) in [6.45, 7) is 8.10. The topological polar surface area (TPSA) is 73.0 Å². The van der Waals surface area contributed by atoms with Crippen molar-refractivity contribution in [3.05, 3.63) is 77.0 Å². The lowest BCUT2D eigenvalue weighted by atomic mass is 10.1. The molecule has 4 rings (SSSR count). The van der Waals surface area contributed by atoms with Crippen molar-refractivity contribution in [1.82, 2.24) is 14.8 Å². The Bertz CT molecular complexity index is 1190. The third-order valence-corrected chi connectivity index (χ3v) is 5.87. The Labute approximate surface area is 185 Å². The molecular weight excluding hydrogens is 408 g/mol. The highest BCUT2D eigenvalue weighted by Gasteiger charge is 2.19. The van der Waals surface area contributed by atoms with Crippen molar-refractivity contribution in [2.24, 2.45) is 0 Å². The van der Waals surface area contributed by atoms with Gasteiger partial charge < -0.3 is 9.73 Å². The first-order chi connectivity index (χ1) is 14.9. The minimum atomic E-state index is -0.0851. The summed E-state index contributed by atoms with van der Waals surface area (Å²) in [4.78, 5) is 12.7. The first-order valence-electron chi connectivity index (χ1n) is 9.99. The molecule has 158 valence electrons. The fourth-order valence-electron chi connectivity index (χ4n) is 3.54. The number of hydrogen-bond acceptors (Lipinski definition) is 5. The Hall–Kier alpha value is -3.32. The molecule has 0 aliphatic heterocycles. The van der Waals surface area contributed by atoms with Crippen LogP contribution in [-0.4, -0.2) is 26.4 Å². The van der Waals surface area contributed by atoms with E-state index in [0.717, 1.165) is 28.1 Å². The van der Waals surface area contributed by atoms with Crippen LogP contribution >= 0.6 is 11.8 Å². The first kappa shape index (κ1) is 20.9. The van der Waals surface area contributed by atoms with Crippen LogP contribution in [0.4, 0.5) is 5.69 Å². The van der Waals surface area contributed by atoms with Gasteiger partial charge in [-0.25, -0.2) is 0 Å². The van der Waals surface area contributed by atoms with E-state index >= 15 is 0 Å². The number of thioether (sulfide) groups is 1. The summed E-state index contributed by atoms with van der Waals surface area (Å²) in [6, 6.07) is 15.9. The van der Waals surface area contributed by atoms with Crippen LogP contribution in [0.2, 0.25) is 0 Å². The van der Waals surface area contributed by atoms with E-state index < -0.39 is 0 Å². The summed E-state index contributed by atoms with van der Waals surface area (Å²) in [7, 11) is 0. The molecule has 31 heavy (non-hydrogen) atoms. The quantitative estimate of drug-likeness (QED) is 0.408. The molecule has 7 heteroatoms. The maximum atomic E-state index is 12.7. The Morgan fingerprint density at radius 2 is 1.71 bits per heavy atom. The average Bonchev–Trinajstić information content (AvgIpc) is 3.39. The molecule has 2 aromatic carbocycles. The molecule has 4 aromatic rings. The van der Waals surface area contributed by atoms with Crippen molar-refractivity contribution >= 4 is 23.4 Å². The Morgan fingerprint density at radius 3 is 2.35 bits per heavy atom. The number of furan rings is 1. The number of rotatable bonds is 6. The van der Waals surface area contributed by atoms with Gasteiger partial charge in [0, 0.05) is 11.4 Å². The number of hydrogen-bond donors (Lipinski definition) is 1. The van der Waals surface area contributed by atoms with Crippen molar-refractivity contribution in [2.45, 2.75) is 32.9 Å². The molecule has 0 aliphatic rings. The lowest BCUT2D eigenvalue weighted by molar-refractivity contribution is -0.113. The minimum Gasteiger partial charge on any atom is -0.461 e. The minimum absolute atomic E-state index is 0.0851. The number of aryl methyl sites for hydroxylation is 4. The number of carbonyl (C=O) groups is 1.